The first kappa shape index (κ1) is 13.1. The van der Waals surface area contributed by atoms with Crippen molar-refractivity contribution in [2.75, 3.05) is 39.3 Å². The second kappa shape index (κ2) is 4.99. The molecular formula is C16H27N3O. The molecule has 4 nitrogen and oxygen atoms in total. The number of nitrogens with zero attached hydrogens (tertiary/aromatic N) is 2. The summed E-state index contributed by atoms with van der Waals surface area (Å²) in [5, 5.41) is 3.42. The average molecular weight is 277 g/mol. The number of carbonyl (C=O) groups is 1. The maximum atomic E-state index is 12.7. The van der Waals surface area contributed by atoms with E-state index in [2.05, 4.69) is 15.1 Å². The van der Waals surface area contributed by atoms with Gasteiger partial charge in [-0.25, -0.2) is 0 Å². The van der Waals surface area contributed by atoms with E-state index in [0.717, 1.165) is 26.2 Å². The molecule has 1 spiro atoms. The Morgan fingerprint density at radius 3 is 2.60 bits per heavy atom. The third-order valence-corrected chi connectivity index (χ3v) is 6.22. The summed E-state index contributed by atoms with van der Waals surface area (Å²) in [7, 11) is 0. The molecule has 3 heterocycles. The fourth-order valence-corrected chi connectivity index (χ4v) is 4.74. The Morgan fingerprint density at radius 1 is 1.10 bits per heavy atom. The van der Waals surface area contributed by atoms with Gasteiger partial charge in [0.1, 0.15) is 0 Å². The van der Waals surface area contributed by atoms with E-state index in [1.165, 1.54) is 51.6 Å². The minimum absolute atomic E-state index is 0.363. The Balaban J connectivity index is 1.34. The number of amides is 1. The lowest BCUT2D eigenvalue weighted by atomic mass is 9.91. The van der Waals surface area contributed by atoms with E-state index < -0.39 is 0 Å². The van der Waals surface area contributed by atoms with Gasteiger partial charge in [0.2, 0.25) is 5.91 Å². The molecule has 3 aliphatic heterocycles. The molecular weight excluding hydrogens is 250 g/mol. The van der Waals surface area contributed by atoms with Crippen LogP contribution >= 0.6 is 0 Å². The summed E-state index contributed by atoms with van der Waals surface area (Å²) in [6.07, 6.45) is 7.50. The quantitative estimate of drug-likeness (QED) is 0.820. The average Bonchev–Trinajstić information content (AvgIpc) is 2.95. The minimum atomic E-state index is 0.363. The van der Waals surface area contributed by atoms with Crippen molar-refractivity contribution in [1.82, 2.24) is 15.1 Å². The highest BCUT2D eigenvalue weighted by Gasteiger charge is 2.58. The molecule has 4 fully saturated rings. The number of likely N-dealkylation sites (tertiary alicyclic amines) is 2. The van der Waals surface area contributed by atoms with Gasteiger partial charge in [-0.2, -0.15) is 0 Å². The summed E-state index contributed by atoms with van der Waals surface area (Å²) in [6, 6.07) is 0.657. The molecule has 0 aromatic carbocycles. The molecule has 1 amide bonds. The van der Waals surface area contributed by atoms with Crippen LogP contribution < -0.4 is 5.32 Å². The van der Waals surface area contributed by atoms with Gasteiger partial charge in [-0.3, -0.25) is 9.69 Å². The van der Waals surface area contributed by atoms with Crippen molar-refractivity contribution in [3.8, 4) is 0 Å². The maximum Gasteiger partial charge on any atom is 0.226 e. The lowest BCUT2D eigenvalue weighted by Crippen LogP contribution is -2.39. The number of nitrogens with one attached hydrogen (secondary N) is 1. The number of hydrogen-bond donors (Lipinski definition) is 1. The van der Waals surface area contributed by atoms with Gasteiger partial charge in [-0.15, -0.1) is 0 Å². The number of hydrogen-bond acceptors (Lipinski definition) is 3. The first-order valence-corrected chi connectivity index (χ1v) is 8.52. The van der Waals surface area contributed by atoms with Gasteiger partial charge < -0.3 is 10.2 Å². The van der Waals surface area contributed by atoms with E-state index in [0.29, 0.717) is 23.3 Å². The van der Waals surface area contributed by atoms with E-state index in [1.807, 2.05) is 0 Å². The molecule has 1 N–H and O–H groups in total. The Hall–Kier alpha value is -0.610. The standard InChI is InChI=1S/C16H27N3O/c20-15(14-11-16(14)4-6-17-7-5-16)19-10-3-13(12-19)18-8-1-2-9-18/h13-14,17H,1-12H2. The monoisotopic (exact) mass is 277 g/mol. The summed E-state index contributed by atoms with van der Waals surface area (Å²) in [5.74, 6) is 0.843. The zero-order valence-corrected chi connectivity index (χ0v) is 12.4. The van der Waals surface area contributed by atoms with Crippen molar-refractivity contribution >= 4 is 5.91 Å². The zero-order chi connectivity index (χ0) is 13.6. The smallest absolute Gasteiger partial charge is 0.226 e. The highest BCUT2D eigenvalue weighted by atomic mass is 16.2. The Kier molecular flexibility index (Phi) is 3.26. The van der Waals surface area contributed by atoms with Crippen molar-refractivity contribution < 1.29 is 4.79 Å². The summed E-state index contributed by atoms with van der Waals surface area (Å²) in [4.78, 5) is 17.5. The molecule has 20 heavy (non-hydrogen) atoms. The van der Waals surface area contributed by atoms with E-state index in [1.54, 1.807) is 0 Å². The molecule has 4 rings (SSSR count). The van der Waals surface area contributed by atoms with Crippen LogP contribution in [-0.4, -0.2) is 61.0 Å². The summed E-state index contributed by atoms with van der Waals surface area (Å²) < 4.78 is 0. The molecule has 112 valence electrons. The highest BCUT2D eigenvalue weighted by Crippen LogP contribution is 2.59. The Bertz CT molecular complexity index is 385. The lowest BCUT2D eigenvalue weighted by molar-refractivity contribution is -0.132. The van der Waals surface area contributed by atoms with E-state index in [4.69, 9.17) is 0 Å². The Morgan fingerprint density at radius 2 is 1.85 bits per heavy atom. The summed E-state index contributed by atoms with van der Waals surface area (Å²) in [6.45, 7) is 6.74. The van der Waals surface area contributed by atoms with Gasteiger partial charge >= 0.3 is 0 Å². The van der Waals surface area contributed by atoms with Crippen molar-refractivity contribution in [1.29, 1.82) is 0 Å². The molecule has 2 unspecified atom stereocenters. The van der Waals surface area contributed by atoms with Gasteiger partial charge in [0, 0.05) is 25.0 Å². The SMILES string of the molecule is O=C(C1CC12CCNCC2)N1CCC(N2CCCC2)C1. The van der Waals surface area contributed by atoms with Crippen LogP contribution in [0.15, 0.2) is 0 Å². The van der Waals surface area contributed by atoms with Gasteiger partial charge in [0.25, 0.3) is 0 Å². The first-order chi connectivity index (χ1) is 9.78. The van der Waals surface area contributed by atoms with E-state index in [9.17, 15) is 4.79 Å². The van der Waals surface area contributed by atoms with Crippen LogP contribution in [0.5, 0.6) is 0 Å². The largest absolute Gasteiger partial charge is 0.341 e. The Labute approximate surface area is 121 Å². The molecule has 0 radical (unpaired) electrons. The summed E-state index contributed by atoms with van der Waals surface area (Å²) >= 11 is 0. The van der Waals surface area contributed by atoms with Crippen LogP contribution in [0.1, 0.15) is 38.5 Å². The van der Waals surface area contributed by atoms with Crippen molar-refractivity contribution in [2.45, 2.75) is 44.6 Å². The molecule has 2 atom stereocenters. The van der Waals surface area contributed by atoms with Crippen molar-refractivity contribution in [3.63, 3.8) is 0 Å². The van der Waals surface area contributed by atoms with Crippen LogP contribution in [0, 0.1) is 11.3 Å². The summed E-state index contributed by atoms with van der Waals surface area (Å²) in [5.41, 5.74) is 0.397. The number of rotatable bonds is 2. The lowest BCUT2D eigenvalue weighted by Gasteiger charge is -2.26. The second-order valence-electron chi connectivity index (χ2n) is 7.34. The highest BCUT2D eigenvalue weighted by molar-refractivity contribution is 5.83. The molecule has 0 bridgehead atoms. The van der Waals surface area contributed by atoms with E-state index in [-0.39, 0.29) is 0 Å². The number of carbonyl (C=O) groups excluding carboxylic acids is 1. The predicted octanol–water partition coefficient (Wildman–Crippen LogP) is 1.07. The predicted molar refractivity (Wildman–Crippen MR) is 78.4 cm³/mol. The normalized spacial score (nSPS) is 36.7. The zero-order valence-electron chi connectivity index (χ0n) is 12.4. The van der Waals surface area contributed by atoms with Crippen LogP contribution in [0.25, 0.3) is 0 Å². The van der Waals surface area contributed by atoms with Gasteiger partial charge in [-0.05, 0) is 70.1 Å². The van der Waals surface area contributed by atoms with Crippen LogP contribution in [-0.2, 0) is 4.79 Å². The van der Waals surface area contributed by atoms with Crippen molar-refractivity contribution in [3.05, 3.63) is 0 Å². The van der Waals surface area contributed by atoms with Crippen LogP contribution in [0.2, 0.25) is 0 Å². The number of piperidine rings is 1. The third kappa shape index (κ3) is 2.17. The molecule has 1 saturated carbocycles. The maximum absolute atomic E-state index is 12.7. The van der Waals surface area contributed by atoms with Crippen LogP contribution in [0.3, 0.4) is 0 Å². The third-order valence-electron chi connectivity index (χ3n) is 6.22. The van der Waals surface area contributed by atoms with Gasteiger partial charge in [0.15, 0.2) is 0 Å². The minimum Gasteiger partial charge on any atom is -0.341 e. The molecule has 4 heteroatoms. The van der Waals surface area contributed by atoms with Gasteiger partial charge in [0.05, 0.1) is 0 Å². The molecule has 0 aromatic rings. The molecule has 3 saturated heterocycles. The molecule has 4 aliphatic rings. The fraction of sp³-hybridized carbons (Fsp3) is 0.938. The first-order valence-electron chi connectivity index (χ1n) is 8.52. The molecule has 1 aliphatic carbocycles. The fourth-order valence-electron chi connectivity index (χ4n) is 4.74. The topological polar surface area (TPSA) is 35.6 Å². The molecule has 0 aromatic heterocycles. The van der Waals surface area contributed by atoms with Gasteiger partial charge in [-0.1, -0.05) is 0 Å². The van der Waals surface area contributed by atoms with Crippen molar-refractivity contribution in [2.24, 2.45) is 11.3 Å². The second-order valence-corrected chi connectivity index (χ2v) is 7.34. The van der Waals surface area contributed by atoms with E-state index >= 15 is 0 Å². The van der Waals surface area contributed by atoms with Crippen LogP contribution in [0.4, 0.5) is 0 Å².